The second kappa shape index (κ2) is 35.2. The van der Waals surface area contributed by atoms with Crippen LogP contribution in [0.2, 0.25) is 0 Å². The van der Waals surface area contributed by atoms with Crippen molar-refractivity contribution < 1.29 is 42.1 Å². The molecule has 0 fully saturated rings. The number of carbonyl (C=O) groups is 2. The van der Waals surface area contributed by atoms with Gasteiger partial charge in [-0.3, -0.25) is 14.2 Å². The predicted molar refractivity (Wildman–Crippen MR) is 213 cm³/mol. The molecule has 52 heavy (non-hydrogen) atoms. The molecule has 0 saturated carbocycles. The number of hydrogen-bond acceptors (Lipinski definition) is 8. The molecule has 1 unspecified atom stereocenters. The molecule has 10 heteroatoms. The number of rotatable bonds is 38. The highest BCUT2D eigenvalue weighted by Crippen LogP contribution is 2.38. The third-order valence-corrected chi connectivity index (χ3v) is 9.94. The van der Waals surface area contributed by atoms with Crippen LogP contribution in [0.15, 0.2) is 24.3 Å². The van der Waals surface area contributed by atoms with Crippen molar-refractivity contribution in [2.45, 2.75) is 187 Å². The van der Waals surface area contributed by atoms with Gasteiger partial charge in [-0.15, -0.1) is 0 Å². The van der Waals surface area contributed by atoms with Crippen molar-refractivity contribution in [3.63, 3.8) is 0 Å². The number of nitrogens with zero attached hydrogens (tertiary/aromatic N) is 1. The summed E-state index contributed by atoms with van der Waals surface area (Å²) in [5.74, 6) is -0.846. The molecule has 0 saturated heterocycles. The Morgan fingerprint density at radius 3 is 1.56 bits per heavy atom. The summed E-state index contributed by atoms with van der Waals surface area (Å²) in [6.45, 7) is 4.18. The summed E-state index contributed by atoms with van der Waals surface area (Å²) in [5.41, 5.74) is 0. The molecular weight excluding hydrogens is 677 g/mol. The van der Waals surface area contributed by atoms with Crippen molar-refractivity contribution in [3.05, 3.63) is 24.3 Å². The highest BCUT2D eigenvalue weighted by molar-refractivity contribution is 7.45. The lowest BCUT2D eigenvalue weighted by Gasteiger charge is -2.28. The fraction of sp³-hybridized carbons (Fsp3) is 0.857. The number of phosphoric ester groups is 1. The normalized spacial score (nSPS) is 13.9. The molecule has 0 aliphatic heterocycles. The van der Waals surface area contributed by atoms with Gasteiger partial charge in [-0.1, -0.05) is 147 Å². The minimum absolute atomic E-state index is 0.0321. The fourth-order valence-corrected chi connectivity index (χ4v) is 6.35. The average molecular weight is 758 g/mol. The van der Waals surface area contributed by atoms with Gasteiger partial charge >= 0.3 is 11.9 Å². The molecule has 0 radical (unpaired) electrons. The predicted octanol–water partition coefficient (Wildman–Crippen LogP) is 10.9. The largest absolute Gasteiger partial charge is 0.756 e. The van der Waals surface area contributed by atoms with E-state index in [9.17, 15) is 19.0 Å². The van der Waals surface area contributed by atoms with Crippen LogP contribution in [-0.2, 0) is 32.7 Å². The standard InChI is InChI=1S/C42H80NO8P/c1-6-8-10-12-14-16-18-20-21-23-25-27-29-31-33-35-42(45)51-40(39-50-52(46,47)49-37-36-43(3,4)5)38-48-41(44)34-32-30-28-26-24-22-19-17-15-13-11-9-7-2/h14,16,20-21,40H,6-13,15,17-19,22-39H2,1-5H3/b16-14-,21-20-/t40-/m0/s1. The third kappa shape index (κ3) is 38.2. The van der Waals surface area contributed by atoms with E-state index in [-0.39, 0.29) is 32.0 Å². The molecule has 0 heterocycles. The molecule has 0 rings (SSSR count). The number of allylic oxidation sites excluding steroid dienone is 4. The van der Waals surface area contributed by atoms with Crippen LogP contribution in [0.5, 0.6) is 0 Å². The quantitative estimate of drug-likeness (QED) is 0.0201. The van der Waals surface area contributed by atoms with Gasteiger partial charge in [-0.25, -0.2) is 0 Å². The number of hydrogen-bond donors (Lipinski definition) is 0. The molecular formula is C42H80NO8P. The fourth-order valence-electron chi connectivity index (χ4n) is 5.63. The molecule has 9 nitrogen and oxygen atoms in total. The number of carbonyl (C=O) groups excluding carboxylic acids is 2. The van der Waals surface area contributed by atoms with Gasteiger partial charge < -0.3 is 27.9 Å². The number of likely N-dealkylation sites (N-methyl/N-ethyl adjacent to an activating group) is 1. The third-order valence-electron chi connectivity index (χ3n) is 8.97. The van der Waals surface area contributed by atoms with E-state index in [1.54, 1.807) is 0 Å². The smallest absolute Gasteiger partial charge is 0.306 e. The van der Waals surface area contributed by atoms with Crippen LogP contribution in [0.4, 0.5) is 0 Å². The highest BCUT2D eigenvalue weighted by atomic mass is 31.2. The van der Waals surface area contributed by atoms with Crippen molar-refractivity contribution in [1.82, 2.24) is 0 Å². The molecule has 0 N–H and O–H groups in total. The number of unbranched alkanes of at least 4 members (excludes halogenated alkanes) is 20. The molecule has 0 aromatic heterocycles. The summed E-state index contributed by atoms with van der Waals surface area (Å²) in [6.07, 6.45) is 36.2. The van der Waals surface area contributed by atoms with E-state index < -0.39 is 26.5 Å². The summed E-state index contributed by atoms with van der Waals surface area (Å²) in [5, 5.41) is 0. The Labute approximate surface area is 319 Å². The van der Waals surface area contributed by atoms with Crippen molar-refractivity contribution in [2.24, 2.45) is 0 Å². The van der Waals surface area contributed by atoms with Crippen LogP contribution in [0, 0.1) is 0 Å². The van der Waals surface area contributed by atoms with Crippen molar-refractivity contribution >= 4 is 19.8 Å². The van der Waals surface area contributed by atoms with E-state index >= 15 is 0 Å². The van der Waals surface area contributed by atoms with Gasteiger partial charge in [0, 0.05) is 12.8 Å². The van der Waals surface area contributed by atoms with Gasteiger partial charge in [0.1, 0.15) is 19.8 Å². The lowest BCUT2D eigenvalue weighted by atomic mass is 10.0. The molecule has 0 aromatic rings. The second-order valence-electron chi connectivity index (χ2n) is 15.4. The van der Waals surface area contributed by atoms with E-state index in [1.165, 1.54) is 89.9 Å². The van der Waals surface area contributed by atoms with Crippen LogP contribution >= 0.6 is 7.82 Å². The molecule has 2 atom stereocenters. The van der Waals surface area contributed by atoms with Crippen molar-refractivity contribution in [1.29, 1.82) is 0 Å². The van der Waals surface area contributed by atoms with Gasteiger partial charge in [-0.2, -0.15) is 0 Å². The molecule has 0 amide bonds. The maximum absolute atomic E-state index is 12.6. The lowest BCUT2D eigenvalue weighted by molar-refractivity contribution is -0.870. The first-order valence-electron chi connectivity index (χ1n) is 21.0. The molecule has 0 aliphatic rings. The topological polar surface area (TPSA) is 111 Å². The van der Waals surface area contributed by atoms with Crippen molar-refractivity contribution in [2.75, 3.05) is 47.5 Å². The van der Waals surface area contributed by atoms with Gasteiger partial charge in [0.05, 0.1) is 27.7 Å². The Bertz CT molecular complexity index is 949. The van der Waals surface area contributed by atoms with Gasteiger partial charge in [0.15, 0.2) is 6.10 Å². The van der Waals surface area contributed by atoms with Crippen LogP contribution in [0.1, 0.15) is 181 Å². The summed E-state index contributed by atoms with van der Waals surface area (Å²) >= 11 is 0. The highest BCUT2D eigenvalue weighted by Gasteiger charge is 2.21. The van der Waals surface area contributed by atoms with E-state index in [0.717, 1.165) is 57.8 Å². The maximum Gasteiger partial charge on any atom is 0.306 e. The Morgan fingerprint density at radius 1 is 0.596 bits per heavy atom. The Kier molecular flexibility index (Phi) is 34.2. The Hall–Kier alpha value is -1.51. The molecule has 0 bridgehead atoms. The molecule has 0 aromatic carbocycles. The van der Waals surface area contributed by atoms with Crippen LogP contribution in [0.25, 0.3) is 0 Å². The number of phosphoric acid groups is 1. The van der Waals surface area contributed by atoms with Crippen molar-refractivity contribution in [3.8, 4) is 0 Å². The van der Waals surface area contributed by atoms with E-state index in [1.807, 2.05) is 21.1 Å². The number of ether oxygens (including phenoxy) is 2. The first-order chi connectivity index (χ1) is 25.0. The average Bonchev–Trinajstić information content (AvgIpc) is 3.09. The van der Waals surface area contributed by atoms with E-state index in [2.05, 4.69) is 38.2 Å². The van der Waals surface area contributed by atoms with Crippen LogP contribution in [-0.4, -0.2) is 70.0 Å². The SMILES string of the molecule is CCCCC/C=C\C/C=C\CCCCCCCC(=O)O[C@@H](COC(=O)CCCCCCCCCCCCCCC)COP(=O)([O-])OCC[N+](C)(C)C. The van der Waals surface area contributed by atoms with Gasteiger partial charge in [0.2, 0.25) is 0 Å². The zero-order valence-corrected chi connectivity index (χ0v) is 35.2. The second-order valence-corrected chi connectivity index (χ2v) is 16.8. The summed E-state index contributed by atoms with van der Waals surface area (Å²) in [4.78, 5) is 37.4. The van der Waals surface area contributed by atoms with Crippen LogP contribution in [0.3, 0.4) is 0 Å². The van der Waals surface area contributed by atoms with Gasteiger partial charge in [-0.05, 0) is 44.9 Å². The monoisotopic (exact) mass is 758 g/mol. The molecule has 306 valence electrons. The van der Waals surface area contributed by atoms with E-state index in [0.29, 0.717) is 17.4 Å². The first kappa shape index (κ1) is 50.5. The van der Waals surface area contributed by atoms with E-state index in [4.69, 9.17) is 18.5 Å². The zero-order valence-electron chi connectivity index (χ0n) is 34.3. The Morgan fingerprint density at radius 2 is 1.04 bits per heavy atom. The minimum atomic E-state index is -4.62. The summed E-state index contributed by atoms with van der Waals surface area (Å²) in [7, 11) is 1.16. The van der Waals surface area contributed by atoms with Crippen LogP contribution < -0.4 is 4.89 Å². The summed E-state index contributed by atoms with van der Waals surface area (Å²) in [6, 6.07) is 0. The number of esters is 2. The zero-order chi connectivity index (χ0) is 38.6. The van der Waals surface area contributed by atoms with Gasteiger partial charge in [0.25, 0.3) is 7.82 Å². The minimum Gasteiger partial charge on any atom is -0.756 e. The number of quaternary nitrogens is 1. The summed E-state index contributed by atoms with van der Waals surface area (Å²) < 4.78 is 33.8. The Balaban J connectivity index is 4.41. The first-order valence-corrected chi connectivity index (χ1v) is 22.5. The molecule has 0 spiro atoms. The molecule has 0 aliphatic carbocycles. The maximum atomic E-state index is 12.6. The lowest BCUT2D eigenvalue weighted by Crippen LogP contribution is -2.37.